The van der Waals surface area contributed by atoms with Crippen molar-refractivity contribution < 1.29 is 6.22 Å². The molecule has 0 fully saturated rings. The minimum Gasteiger partial charge on any atom is -0.348 e. The van der Waals surface area contributed by atoms with Crippen LogP contribution in [0.3, 0.4) is 0 Å². The smallest absolute Gasteiger partial charge is 0.249 e. The summed E-state index contributed by atoms with van der Waals surface area (Å²) in [6, 6.07) is 13.0. The summed E-state index contributed by atoms with van der Waals surface area (Å²) in [6.45, 7) is 10.00. The van der Waals surface area contributed by atoms with Gasteiger partial charge < -0.3 is 10.7 Å². The predicted octanol–water partition coefficient (Wildman–Crippen LogP) is 6.23. The van der Waals surface area contributed by atoms with Gasteiger partial charge >= 0.3 is 0 Å². The van der Waals surface area contributed by atoms with E-state index in [1.54, 1.807) is 0 Å². The quantitative estimate of drug-likeness (QED) is 0.266. The van der Waals surface area contributed by atoms with E-state index in [1.807, 2.05) is 26.1 Å². The highest BCUT2D eigenvalue weighted by Gasteiger charge is 2.27. The maximum absolute atomic E-state index is 12.8. The number of carbonyl (C=O) groups excluding carboxylic acids is 1. The fourth-order valence-electron chi connectivity index (χ4n) is 4.95. The van der Waals surface area contributed by atoms with Gasteiger partial charge in [0.25, 0.3) is 0 Å². The van der Waals surface area contributed by atoms with Crippen molar-refractivity contribution in [2.75, 3.05) is 6.54 Å². The molecule has 0 radical (unpaired) electrons. The summed E-state index contributed by atoms with van der Waals surface area (Å²) in [7, 11) is 0. The fraction of sp³-hybridized carbons (Fsp3) is 0.367. The number of aryl methyl sites for hydroxylation is 1. The van der Waals surface area contributed by atoms with Crippen molar-refractivity contribution in [2.24, 2.45) is 9.98 Å². The largest absolute Gasteiger partial charge is 0.348 e. The van der Waals surface area contributed by atoms with Gasteiger partial charge in [-0.3, -0.25) is 14.7 Å². The molecule has 0 spiro atoms. The van der Waals surface area contributed by atoms with Gasteiger partial charge in [0.2, 0.25) is 5.91 Å². The number of benzene rings is 1. The maximum atomic E-state index is 12.8. The third-order valence-corrected chi connectivity index (χ3v) is 7.70. The van der Waals surface area contributed by atoms with Crippen LogP contribution in [0.4, 0.5) is 0 Å². The molecule has 1 aromatic carbocycles. The second-order valence-corrected chi connectivity index (χ2v) is 10.8. The van der Waals surface area contributed by atoms with Gasteiger partial charge in [-0.1, -0.05) is 48.7 Å². The zero-order valence-electron chi connectivity index (χ0n) is 22.2. The Bertz CT molecular complexity index is 1270. The lowest BCUT2D eigenvalue weighted by Crippen LogP contribution is -2.32. The number of thioether (sulfide) groups is 1. The minimum absolute atomic E-state index is 0. The maximum Gasteiger partial charge on any atom is 0.249 e. The molecule has 2 N–H and O–H groups in total. The molecular weight excluding hydrogens is 492 g/mol. The van der Waals surface area contributed by atoms with E-state index >= 15 is 0 Å². The Kier molecular flexibility index (Phi) is 9.79. The van der Waals surface area contributed by atoms with Crippen molar-refractivity contribution in [3.63, 3.8) is 0 Å². The SMILES string of the molecule is C=C(CCN(Cc1ccc(CNC(=O)C2=C(C)N=CN=C(C)C2)cc1)C1CCCc2cccnc21)SC=N.[HH]. The molecule has 1 aliphatic carbocycles. The molecule has 1 atom stereocenters. The summed E-state index contributed by atoms with van der Waals surface area (Å²) in [4.78, 5) is 29.5. The number of amides is 1. The molecule has 2 aliphatic rings. The van der Waals surface area contributed by atoms with Gasteiger partial charge in [0.1, 0.15) is 6.34 Å². The minimum atomic E-state index is -0.0992. The zero-order valence-corrected chi connectivity index (χ0v) is 23.1. The van der Waals surface area contributed by atoms with Crippen LogP contribution in [0.15, 0.2) is 75.3 Å². The first-order chi connectivity index (χ1) is 18.4. The van der Waals surface area contributed by atoms with Gasteiger partial charge in [-0.2, -0.15) is 0 Å². The summed E-state index contributed by atoms with van der Waals surface area (Å²) in [5, 5.41) is 10.4. The van der Waals surface area contributed by atoms with Crippen LogP contribution >= 0.6 is 11.8 Å². The van der Waals surface area contributed by atoms with Crippen molar-refractivity contribution in [3.8, 4) is 0 Å². The normalized spacial score (nSPS) is 17.0. The number of fused-ring (bicyclic) bond motifs is 1. The Labute approximate surface area is 231 Å². The van der Waals surface area contributed by atoms with E-state index in [-0.39, 0.29) is 13.4 Å². The molecule has 1 aliphatic heterocycles. The van der Waals surface area contributed by atoms with Gasteiger partial charge in [0, 0.05) is 50.7 Å². The second kappa shape index (κ2) is 13.4. The summed E-state index contributed by atoms with van der Waals surface area (Å²) in [5.74, 6) is -0.0992. The number of hydrogen-bond donors (Lipinski definition) is 2. The van der Waals surface area contributed by atoms with Crippen LogP contribution in [-0.4, -0.2) is 39.9 Å². The molecule has 0 saturated heterocycles. The van der Waals surface area contributed by atoms with Crippen LogP contribution in [0.1, 0.15) is 69.4 Å². The number of rotatable bonds is 11. The Morgan fingerprint density at radius 1 is 1.26 bits per heavy atom. The Morgan fingerprint density at radius 3 is 2.84 bits per heavy atom. The summed E-state index contributed by atoms with van der Waals surface area (Å²) < 4.78 is 0. The molecule has 2 heterocycles. The van der Waals surface area contributed by atoms with Gasteiger partial charge in [-0.25, -0.2) is 9.98 Å². The highest BCUT2D eigenvalue weighted by atomic mass is 32.2. The third-order valence-electron chi connectivity index (χ3n) is 7.04. The zero-order chi connectivity index (χ0) is 26.9. The Morgan fingerprint density at radius 2 is 2.05 bits per heavy atom. The van der Waals surface area contributed by atoms with E-state index in [4.69, 9.17) is 10.4 Å². The summed E-state index contributed by atoms with van der Waals surface area (Å²) in [6.07, 6.45) is 8.07. The van der Waals surface area contributed by atoms with Crippen molar-refractivity contribution in [2.45, 2.75) is 65.1 Å². The third kappa shape index (κ3) is 7.36. The average molecular weight is 531 g/mol. The van der Waals surface area contributed by atoms with E-state index in [0.717, 1.165) is 55.0 Å². The van der Waals surface area contributed by atoms with Crippen molar-refractivity contribution in [1.29, 1.82) is 5.41 Å². The number of allylic oxidation sites excluding steroid dienone is 1. The van der Waals surface area contributed by atoms with Crippen LogP contribution in [0, 0.1) is 5.41 Å². The molecule has 7 nitrogen and oxygen atoms in total. The molecular formula is C30H38N6OS. The lowest BCUT2D eigenvalue weighted by molar-refractivity contribution is -0.117. The van der Waals surface area contributed by atoms with Gasteiger partial charge in [-0.05, 0) is 67.2 Å². The van der Waals surface area contributed by atoms with Crippen LogP contribution in [0.2, 0.25) is 0 Å². The molecule has 8 heteroatoms. The molecule has 1 unspecified atom stereocenters. The van der Waals surface area contributed by atoms with Crippen LogP contribution in [-0.2, 0) is 24.3 Å². The number of aliphatic imine (C=N–C) groups is 2. The predicted molar refractivity (Wildman–Crippen MR) is 160 cm³/mol. The van der Waals surface area contributed by atoms with Crippen LogP contribution in [0.5, 0.6) is 0 Å². The second-order valence-electron chi connectivity index (χ2n) is 9.80. The standard InChI is InChI=1S/C30H36N6OS.H2/c1-21-16-27(23(3)35-20-34-21)30(37)33-17-24-9-11-25(12-10-24)18-36(15-13-22(2)38-19-31)28-8-4-6-26-7-5-14-32-29(26)28;/h5,7,9-12,14,19-20,28,31H,2,4,6,8,13,15-18H2,1,3H3,(H,33,37);1H. The van der Waals surface area contributed by atoms with Crippen molar-refractivity contribution in [1.82, 2.24) is 15.2 Å². The Balaban J connectivity index is 0.00000420. The number of hydrogen-bond acceptors (Lipinski definition) is 7. The first kappa shape index (κ1) is 27.7. The first-order valence-electron chi connectivity index (χ1n) is 13.1. The molecule has 1 amide bonds. The lowest BCUT2D eigenvalue weighted by atomic mass is 9.90. The van der Waals surface area contributed by atoms with E-state index in [1.165, 1.54) is 40.5 Å². The molecule has 200 valence electrons. The summed E-state index contributed by atoms with van der Waals surface area (Å²) in [5.41, 5.74) is 8.40. The molecule has 1 aromatic heterocycles. The Hall–Kier alpha value is -3.36. The van der Waals surface area contributed by atoms with Gasteiger partial charge in [0.15, 0.2) is 0 Å². The van der Waals surface area contributed by atoms with E-state index in [0.29, 0.717) is 24.2 Å². The van der Waals surface area contributed by atoms with E-state index < -0.39 is 0 Å². The molecule has 2 aromatic rings. The first-order valence-corrected chi connectivity index (χ1v) is 14.0. The number of carbonyl (C=O) groups is 1. The van der Waals surface area contributed by atoms with Crippen molar-refractivity contribution in [3.05, 3.63) is 87.7 Å². The number of aromatic nitrogens is 1. The molecule has 38 heavy (non-hydrogen) atoms. The van der Waals surface area contributed by atoms with Gasteiger partial charge in [-0.15, -0.1) is 0 Å². The number of nitrogens with one attached hydrogen (secondary N) is 2. The van der Waals surface area contributed by atoms with E-state index in [9.17, 15) is 4.79 Å². The van der Waals surface area contributed by atoms with Gasteiger partial charge in [0.05, 0.1) is 17.3 Å². The number of pyridine rings is 1. The lowest BCUT2D eigenvalue weighted by Gasteiger charge is -2.35. The average Bonchev–Trinajstić information content (AvgIpc) is 3.10. The molecule has 4 rings (SSSR count). The number of nitrogens with zero attached hydrogens (tertiary/aromatic N) is 4. The monoisotopic (exact) mass is 530 g/mol. The summed E-state index contributed by atoms with van der Waals surface area (Å²) >= 11 is 1.39. The van der Waals surface area contributed by atoms with Crippen LogP contribution < -0.4 is 5.32 Å². The highest BCUT2D eigenvalue weighted by Crippen LogP contribution is 2.34. The fourth-order valence-corrected chi connectivity index (χ4v) is 5.32. The van der Waals surface area contributed by atoms with E-state index in [2.05, 4.69) is 57.1 Å². The topological polar surface area (TPSA) is 93.8 Å². The molecule has 0 bridgehead atoms. The molecule has 0 saturated carbocycles. The van der Waals surface area contributed by atoms with Crippen molar-refractivity contribution >= 4 is 35.3 Å². The highest BCUT2D eigenvalue weighted by molar-refractivity contribution is 8.15. The van der Waals surface area contributed by atoms with Crippen LogP contribution in [0.25, 0.3) is 0 Å².